The Balaban J connectivity index is 2.21. The first kappa shape index (κ1) is 19.0. The van der Waals surface area contributed by atoms with Crippen LogP contribution in [0, 0.1) is 22.5 Å². The van der Waals surface area contributed by atoms with Crippen LogP contribution in [-0.4, -0.2) is 28.8 Å². The van der Waals surface area contributed by atoms with Gasteiger partial charge >= 0.3 is 0 Å². The van der Waals surface area contributed by atoms with E-state index < -0.39 is 10.8 Å². The van der Waals surface area contributed by atoms with Gasteiger partial charge in [0.05, 0.1) is 16.7 Å². The van der Waals surface area contributed by atoms with Crippen LogP contribution in [0.25, 0.3) is 0 Å². The van der Waals surface area contributed by atoms with Crippen molar-refractivity contribution in [1.82, 2.24) is 5.43 Å². The maximum absolute atomic E-state index is 12.1. The van der Waals surface area contributed by atoms with Gasteiger partial charge in [-0.2, -0.15) is 5.10 Å². The van der Waals surface area contributed by atoms with E-state index in [0.29, 0.717) is 4.47 Å². The first-order chi connectivity index (χ1) is 12.4. The van der Waals surface area contributed by atoms with E-state index in [9.17, 15) is 20.0 Å². The number of hydrazone groups is 1. The molecule has 26 heavy (non-hydrogen) atoms. The molecule has 0 fully saturated rings. The second kappa shape index (κ2) is 8.64. The van der Waals surface area contributed by atoms with Crippen molar-refractivity contribution in [3.05, 3.63) is 62.1 Å². The molecule has 2 aromatic rings. The number of halogens is 1. The number of carbonyl (C=O) groups is 1. The molecule has 2 rings (SSSR count). The van der Waals surface area contributed by atoms with Crippen molar-refractivity contribution in [2.75, 3.05) is 6.61 Å². The number of aromatic hydroxyl groups is 1. The molecule has 1 amide bonds. The number of amides is 1. The van der Waals surface area contributed by atoms with Crippen molar-refractivity contribution in [2.45, 2.75) is 0 Å². The van der Waals surface area contributed by atoms with E-state index in [1.54, 1.807) is 6.07 Å². The molecule has 0 unspecified atom stereocenters. The van der Waals surface area contributed by atoms with Crippen LogP contribution in [0.15, 0.2) is 46.0 Å². The number of carbonyl (C=O) groups excluding carboxylic acids is 1. The number of nitrogens with zero attached hydrogens (tertiary/aromatic N) is 2. The normalized spacial score (nSPS) is 10.3. The Morgan fingerprint density at radius 2 is 2.19 bits per heavy atom. The minimum atomic E-state index is -0.656. The first-order valence-electron chi connectivity index (χ1n) is 7.09. The van der Waals surface area contributed by atoms with Gasteiger partial charge in [0.2, 0.25) is 0 Å². The van der Waals surface area contributed by atoms with Crippen LogP contribution >= 0.6 is 15.9 Å². The Kier molecular flexibility index (Phi) is 6.30. The van der Waals surface area contributed by atoms with Crippen LogP contribution < -0.4 is 10.2 Å². The van der Waals surface area contributed by atoms with Crippen LogP contribution in [0.1, 0.15) is 15.9 Å². The van der Waals surface area contributed by atoms with Crippen molar-refractivity contribution < 1.29 is 19.6 Å². The molecule has 0 aliphatic carbocycles. The molecule has 0 radical (unpaired) electrons. The number of hydrogen-bond acceptors (Lipinski definition) is 6. The fourth-order valence-electron chi connectivity index (χ4n) is 1.91. The molecule has 0 aromatic heterocycles. The van der Waals surface area contributed by atoms with Crippen molar-refractivity contribution in [2.24, 2.45) is 5.10 Å². The fraction of sp³-hybridized carbons (Fsp3) is 0.0588. The number of nitrogens with one attached hydrogen (secondary N) is 1. The van der Waals surface area contributed by atoms with Crippen LogP contribution in [0.4, 0.5) is 5.69 Å². The minimum Gasteiger partial charge on any atom is -0.507 e. The Morgan fingerprint density at radius 1 is 1.42 bits per heavy atom. The Bertz CT molecular complexity index is 921. The molecule has 0 bridgehead atoms. The number of ether oxygens (including phenoxy) is 1. The van der Waals surface area contributed by atoms with Gasteiger partial charge < -0.3 is 9.84 Å². The van der Waals surface area contributed by atoms with Crippen LogP contribution in [0.3, 0.4) is 0 Å². The molecule has 0 atom stereocenters. The highest BCUT2D eigenvalue weighted by Crippen LogP contribution is 2.23. The molecule has 2 aromatic carbocycles. The molecular formula is C17H12BrN3O5. The highest BCUT2D eigenvalue weighted by molar-refractivity contribution is 9.10. The van der Waals surface area contributed by atoms with Crippen molar-refractivity contribution in [3.63, 3.8) is 0 Å². The van der Waals surface area contributed by atoms with Crippen LogP contribution in [-0.2, 0) is 0 Å². The fourth-order valence-corrected chi connectivity index (χ4v) is 2.27. The van der Waals surface area contributed by atoms with Gasteiger partial charge in [0.15, 0.2) is 0 Å². The lowest BCUT2D eigenvalue weighted by atomic mass is 10.2. The zero-order valence-corrected chi connectivity index (χ0v) is 14.8. The summed E-state index contributed by atoms with van der Waals surface area (Å²) in [6.45, 7) is -0.0308. The summed E-state index contributed by atoms with van der Waals surface area (Å²) in [5.74, 6) is 1.69. The second-order valence-corrected chi connectivity index (χ2v) is 5.75. The third kappa shape index (κ3) is 4.81. The summed E-state index contributed by atoms with van der Waals surface area (Å²) in [4.78, 5) is 22.4. The lowest BCUT2D eigenvalue weighted by Crippen LogP contribution is -2.17. The summed E-state index contributed by atoms with van der Waals surface area (Å²) in [5.41, 5.74) is 2.33. The van der Waals surface area contributed by atoms with E-state index in [1.165, 1.54) is 36.5 Å². The Morgan fingerprint density at radius 3 is 2.88 bits per heavy atom. The second-order valence-electron chi connectivity index (χ2n) is 4.83. The monoisotopic (exact) mass is 417 g/mol. The number of benzene rings is 2. The molecular weight excluding hydrogens is 406 g/mol. The van der Waals surface area contributed by atoms with E-state index in [4.69, 9.17) is 11.2 Å². The first-order valence-corrected chi connectivity index (χ1v) is 7.88. The summed E-state index contributed by atoms with van der Waals surface area (Å²) in [7, 11) is 0. The van der Waals surface area contributed by atoms with Crippen LogP contribution in [0.5, 0.6) is 11.5 Å². The smallest absolute Gasteiger partial charge is 0.275 e. The van der Waals surface area contributed by atoms with Gasteiger partial charge in [-0.3, -0.25) is 14.9 Å². The molecule has 0 heterocycles. The van der Waals surface area contributed by atoms with Gasteiger partial charge in [0.1, 0.15) is 18.1 Å². The van der Waals surface area contributed by atoms with Gasteiger partial charge in [0, 0.05) is 22.2 Å². The van der Waals surface area contributed by atoms with E-state index in [-0.39, 0.29) is 34.9 Å². The number of hydrogen-bond donors (Lipinski definition) is 2. The average Bonchev–Trinajstić information content (AvgIpc) is 2.62. The van der Waals surface area contributed by atoms with Gasteiger partial charge in [-0.1, -0.05) is 21.9 Å². The van der Waals surface area contributed by atoms with Gasteiger partial charge in [-0.05, 0) is 24.3 Å². The minimum absolute atomic E-state index is 0.0133. The number of phenolic OH excluding ortho intramolecular Hbond substituents is 1. The molecule has 0 aliphatic rings. The van der Waals surface area contributed by atoms with Gasteiger partial charge in [-0.15, -0.1) is 6.42 Å². The summed E-state index contributed by atoms with van der Waals surface area (Å²) in [6.07, 6.45) is 6.32. The number of nitro groups is 1. The average molecular weight is 418 g/mol. The molecule has 0 spiro atoms. The Labute approximate surface area is 156 Å². The van der Waals surface area contributed by atoms with E-state index >= 15 is 0 Å². The predicted molar refractivity (Wildman–Crippen MR) is 98.3 cm³/mol. The Hall–Kier alpha value is -3.38. The lowest BCUT2D eigenvalue weighted by molar-refractivity contribution is -0.384. The van der Waals surface area contributed by atoms with E-state index in [2.05, 4.69) is 32.4 Å². The van der Waals surface area contributed by atoms with E-state index in [0.717, 1.165) is 0 Å². The molecule has 132 valence electrons. The SMILES string of the molecule is C#CCOc1ccc([N+](=O)[O-])cc1/C=N/NC(=O)c1cc(Br)ccc1O. The van der Waals surface area contributed by atoms with Crippen molar-refractivity contribution in [3.8, 4) is 23.8 Å². The van der Waals surface area contributed by atoms with Crippen molar-refractivity contribution >= 4 is 33.7 Å². The molecule has 8 nitrogen and oxygen atoms in total. The maximum Gasteiger partial charge on any atom is 0.275 e. The predicted octanol–water partition coefficient (Wildman–Crippen LogP) is 2.84. The van der Waals surface area contributed by atoms with Crippen LogP contribution in [0.2, 0.25) is 0 Å². The standard InChI is InChI=1S/C17H12BrN3O5/c1-2-7-26-16-6-4-13(21(24)25)8-11(16)10-19-20-17(23)14-9-12(18)3-5-15(14)22/h1,3-6,8-10,22H,7H2,(H,20,23)/b19-10+. The van der Waals surface area contributed by atoms with Gasteiger partial charge in [0.25, 0.3) is 11.6 Å². The maximum atomic E-state index is 12.1. The zero-order valence-electron chi connectivity index (χ0n) is 13.2. The third-order valence-corrected chi connectivity index (χ3v) is 3.58. The summed E-state index contributed by atoms with van der Waals surface area (Å²) < 4.78 is 5.89. The lowest BCUT2D eigenvalue weighted by Gasteiger charge is -2.06. The number of terminal acetylenes is 1. The topological polar surface area (TPSA) is 114 Å². The van der Waals surface area contributed by atoms with Gasteiger partial charge in [-0.25, -0.2) is 5.43 Å². The number of phenols is 1. The van der Waals surface area contributed by atoms with E-state index in [1.807, 2.05) is 0 Å². The molecule has 9 heteroatoms. The summed E-state index contributed by atoms with van der Waals surface area (Å²) >= 11 is 3.20. The molecule has 0 aliphatic heterocycles. The molecule has 2 N–H and O–H groups in total. The highest BCUT2D eigenvalue weighted by atomic mass is 79.9. The summed E-state index contributed by atoms with van der Waals surface area (Å²) in [6, 6.07) is 8.25. The third-order valence-electron chi connectivity index (χ3n) is 3.09. The molecule has 0 saturated heterocycles. The number of rotatable bonds is 6. The number of nitro benzene ring substituents is 1. The summed E-state index contributed by atoms with van der Waals surface area (Å²) in [5, 5.41) is 24.4. The number of non-ortho nitro benzene ring substituents is 1. The highest BCUT2D eigenvalue weighted by Gasteiger charge is 2.12. The van der Waals surface area contributed by atoms with Crippen molar-refractivity contribution in [1.29, 1.82) is 0 Å². The largest absolute Gasteiger partial charge is 0.507 e. The quantitative estimate of drug-likeness (QED) is 0.324. The zero-order chi connectivity index (χ0) is 19.1. The molecule has 0 saturated carbocycles.